The molecule has 2 heterocycles. The van der Waals surface area contributed by atoms with E-state index in [1.807, 2.05) is 10.8 Å². The summed E-state index contributed by atoms with van der Waals surface area (Å²) >= 11 is 0. The van der Waals surface area contributed by atoms with Crippen molar-refractivity contribution in [1.82, 2.24) is 14.5 Å². The molecule has 2 aromatic heterocycles. The quantitative estimate of drug-likeness (QED) is 0.770. The number of hydrogen-bond donors (Lipinski definition) is 0. The van der Waals surface area contributed by atoms with Crippen LogP contribution in [0.25, 0.3) is 11.5 Å². The van der Waals surface area contributed by atoms with Crippen molar-refractivity contribution in [2.24, 2.45) is 0 Å². The van der Waals surface area contributed by atoms with Gasteiger partial charge in [0.2, 0.25) is 0 Å². The summed E-state index contributed by atoms with van der Waals surface area (Å²) in [6.45, 7) is 2.95. The molecule has 0 saturated carbocycles. The predicted molar refractivity (Wildman–Crippen MR) is 55.7 cm³/mol. The molecule has 0 saturated heterocycles. The van der Waals surface area contributed by atoms with E-state index < -0.39 is 0 Å². The Labute approximate surface area is 87.6 Å². The van der Waals surface area contributed by atoms with Crippen molar-refractivity contribution in [3.8, 4) is 11.5 Å². The Morgan fingerprint density at radius 2 is 2.20 bits per heavy atom. The summed E-state index contributed by atoms with van der Waals surface area (Å²) in [5.41, 5.74) is 0.577. The van der Waals surface area contributed by atoms with Crippen LogP contribution in [-0.2, 0) is 6.54 Å². The second-order valence-electron chi connectivity index (χ2n) is 3.30. The van der Waals surface area contributed by atoms with Gasteiger partial charge in [-0.2, -0.15) is 0 Å². The lowest BCUT2D eigenvalue weighted by atomic mass is 10.3. The largest absolute Gasteiger partial charge is 0.330 e. The molecule has 0 atom stereocenters. The van der Waals surface area contributed by atoms with Crippen molar-refractivity contribution < 1.29 is 4.39 Å². The highest BCUT2D eigenvalue weighted by atomic mass is 19.1. The van der Waals surface area contributed by atoms with Crippen LogP contribution in [-0.4, -0.2) is 14.5 Å². The van der Waals surface area contributed by atoms with Gasteiger partial charge < -0.3 is 4.57 Å². The Kier molecular flexibility index (Phi) is 2.76. The number of nitrogens with zero attached hydrogens (tertiary/aromatic N) is 3. The summed E-state index contributed by atoms with van der Waals surface area (Å²) < 4.78 is 15.0. The van der Waals surface area contributed by atoms with Crippen LogP contribution in [0.5, 0.6) is 0 Å². The summed E-state index contributed by atoms with van der Waals surface area (Å²) in [6.07, 6.45) is 6.05. The van der Waals surface area contributed by atoms with E-state index >= 15 is 0 Å². The van der Waals surface area contributed by atoms with E-state index in [2.05, 4.69) is 16.9 Å². The minimum atomic E-state index is -0.286. The van der Waals surface area contributed by atoms with Gasteiger partial charge >= 0.3 is 0 Å². The van der Waals surface area contributed by atoms with E-state index in [9.17, 15) is 4.39 Å². The highest BCUT2D eigenvalue weighted by Crippen LogP contribution is 2.15. The lowest BCUT2D eigenvalue weighted by Gasteiger charge is -2.04. The van der Waals surface area contributed by atoms with Crippen molar-refractivity contribution in [3.63, 3.8) is 0 Å². The van der Waals surface area contributed by atoms with E-state index in [1.54, 1.807) is 6.20 Å². The molecule has 0 N–H and O–H groups in total. The average Bonchev–Trinajstić information content (AvgIpc) is 2.66. The highest BCUT2D eigenvalue weighted by Gasteiger charge is 2.06. The Morgan fingerprint density at radius 3 is 2.93 bits per heavy atom. The van der Waals surface area contributed by atoms with Crippen molar-refractivity contribution in [2.45, 2.75) is 19.9 Å². The van der Waals surface area contributed by atoms with Gasteiger partial charge in [-0.1, -0.05) is 6.92 Å². The van der Waals surface area contributed by atoms with Gasteiger partial charge in [-0.3, -0.25) is 4.98 Å². The average molecular weight is 205 g/mol. The fraction of sp³-hybridized carbons (Fsp3) is 0.273. The zero-order chi connectivity index (χ0) is 10.7. The van der Waals surface area contributed by atoms with Crippen molar-refractivity contribution >= 4 is 0 Å². The first-order valence-electron chi connectivity index (χ1n) is 4.94. The molecule has 0 bridgehead atoms. The first kappa shape index (κ1) is 9.83. The number of pyridine rings is 1. The molecule has 0 fully saturated rings. The second-order valence-corrected chi connectivity index (χ2v) is 3.30. The smallest absolute Gasteiger partial charge is 0.158 e. The molecule has 0 aliphatic carbocycles. The topological polar surface area (TPSA) is 30.7 Å². The number of rotatable bonds is 3. The molecule has 0 aromatic carbocycles. The maximum absolute atomic E-state index is 13.0. The molecule has 0 spiro atoms. The molecule has 0 aliphatic heterocycles. The van der Waals surface area contributed by atoms with Gasteiger partial charge in [0.1, 0.15) is 11.5 Å². The summed E-state index contributed by atoms with van der Waals surface area (Å²) in [7, 11) is 0. The van der Waals surface area contributed by atoms with E-state index in [0.717, 1.165) is 18.8 Å². The zero-order valence-corrected chi connectivity index (χ0v) is 8.52. The van der Waals surface area contributed by atoms with E-state index in [-0.39, 0.29) is 5.82 Å². The van der Waals surface area contributed by atoms with Crippen molar-refractivity contribution in [2.75, 3.05) is 0 Å². The van der Waals surface area contributed by atoms with Crippen molar-refractivity contribution in [3.05, 3.63) is 36.5 Å². The maximum atomic E-state index is 13.0. The summed E-state index contributed by atoms with van der Waals surface area (Å²) in [5.74, 6) is 0.433. The third kappa shape index (κ3) is 2.03. The molecule has 0 unspecified atom stereocenters. The lowest BCUT2D eigenvalue weighted by molar-refractivity contribution is 0.625. The molecular formula is C11H12FN3. The Balaban J connectivity index is 2.40. The third-order valence-electron chi connectivity index (χ3n) is 2.13. The Hall–Kier alpha value is -1.71. The van der Waals surface area contributed by atoms with Crippen LogP contribution in [0.4, 0.5) is 4.39 Å². The van der Waals surface area contributed by atoms with E-state index in [0.29, 0.717) is 5.69 Å². The number of hydrogen-bond acceptors (Lipinski definition) is 2. The molecule has 78 valence electrons. The maximum Gasteiger partial charge on any atom is 0.158 e. The Bertz CT molecular complexity index is 451. The molecule has 3 nitrogen and oxygen atoms in total. The van der Waals surface area contributed by atoms with Gasteiger partial charge in [0.05, 0.1) is 0 Å². The molecule has 2 rings (SSSR count). The standard InChI is InChI=1S/C11H12FN3/c1-2-6-15-7-5-14-11(15)10-8-9(12)3-4-13-10/h3-5,7-8H,2,6H2,1H3. The molecule has 15 heavy (non-hydrogen) atoms. The molecule has 4 heteroatoms. The first-order chi connectivity index (χ1) is 7.31. The minimum Gasteiger partial charge on any atom is -0.330 e. The Morgan fingerprint density at radius 1 is 1.33 bits per heavy atom. The summed E-state index contributed by atoms with van der Waals surface area (Å²) in [6, 6.07) is 2.73. The van der Waals surface area contributed by atoms with Crippen LogP contribution in [0.3, 0.4) is 0 Å². The van der Waals surface area contributed by atoms with Gasteiger partial charge in [0, 0.05) is 31.2 Å². The predicted octanol–water partition coefficient (Wildman–Crippen LogP) is 2.49. The van der Waals surface area contributed by atoms with Crippen LogP contribution in [0, 0.1) is 5.82 Å². The lowest BCUT2D eigenvalue weighted by Crippen LogP contribution is -1.99. The first-order valence-corrected chi connectivity index (χ1v) is 4.94. The molecule has 0 amide bonds. The summed E-state index contributed by atoms with van der Waals surface area (Å²) in [4.78, 5) is 8.28. The SMILES string of the molecule is CCCn1ccnc1-c1cc(F)ccn1. The van der Waals surface area contributed by atoms with Crippen LogP contribution >= 0.6 is 0 Å². The van der Waals surface area contributed by atoms with E-state index in [4.69, 9.17) is 0 Å². The molecule has 0 radical (unpaired) electrons. The van der Waals surface area contributed by atoms with Gasteiger partial charge in [-0.25, -0.2) is 9.37 Å². The van der Waals surface area contributed by atoms with Crippen LogP contribution in [0.15, 0.2) is 30.7 Å². The molecular weight excluding hydrogens is 193 g/mol. The number of imidazole rings is 1. The number of halogens is 1. The molecule has 0 aliphatic rings. The van der Waals surface area contributed by atoms with E-state index in [1.165, 1.54) is 18.3 Å². The number of aryl methyl sites for hydroxylation is 1. The monoisotopic (exact) mass is 205 g/mol. The van der Waals surface area contributed by atoms with Crippen LogP contribution in [0.2, 0.25) is 0 Å². The zero-order valence-electron chi connectivity index (χ0n) is 8.52. The minimum absolute atomic E-state index is 0.286. The van der Waals surface area contributed by atoms with Gasteiger partial charge in [-0.05, 0) is 12.5 Å². The second kappa shape index (κ2) is 4.21. The fourth-order valence-corrected chi connectivity index (χ4v) is 1.49. The van der Waals surface area contributed by atoms with Crippen molar-refractivity contribution in [1.29, 1.82) is 0 Å². The van der Waals surface area contributed by atoms with Gasteiger partial charge in [0.15, 0.2) is 5.82 Å². The summed E-state index contributed by atoms with van der Waals surface area (Å²) in [5, 5.41) is 0. The highest BCUT2D eigenvalue weighted by molar-refractivity contribution is 5.49. The fourth-order valence-electron chi connectivity index (χ4n) is 1.49. The van der Waals surface area contributed by atoms with Crippen LogP contribution in [0.1, 0.15) is 13.3 Å². The van der Waals surface area contributed by atoms with Crippen LogP contribution < -0.4 is 0 Å². The van der Waals surface area contributed by atoms with Gasteiger partial charge in [0.25, 0.3) is 0 Å². The normalized spacial score (nSPS) is 10.5. The molecule has 2 aromatic rings. The number of aromatic nitrogens is 3. The third-order valence-corrected chi connectivity index (χ3v) is 2.13. The van der Waals surface area contributed by atoms with Gasteiger partial charge in [-0.15, -0.1) is 0 Å².